The SMILES string of the molecule is CCn1c2ccccc2c2cc(-c3nc4cc(OC(=O)O)ccc4n3CC3CC3)cnc21. The van der Waals surface area contributed by atoms with Crippen LogP contribution < -0.4 is 4.74 Å². The van der Waals surface area contributed by atoms with Crippen LogP contribution in [0, 0.1) is 5.92 Å². The maximum absolute atomic E-state index is 11.0. The minimum Gasteiger partial charge on any atom is -0.449 e. The molecule has 7 nitrogen and oxygen atoms in total. The van der Waals surface area contributed by atoms with Gasteiger partial charge in [-0.05, 0) is 49.9 Å². The second kappa shape index (κ2) is 7.09. The number of imidazole rings is 1. The van der Waals surface area contributed by atoms with Crippen LogP contribution in [0.5, 0.6) is 5.75 Å². The minimum atomic E-state index is -1.33. The molecular formula is C25H22N4O3. The number of nitrogens with zero attached hydrogens (tertiary/aromatic N) is 4. The van der Waals surface area contributed by atoms with E-state index in [-0.39, 0.29) is 5.75 Å². The smallest absolute Gasteiger partial charge is 0.449 e. The number of hydrogen-bond acceptors (Lipinski definition) is 4. The van der Waals surface area contributed by atoms with E-state index in [1.165, 1.54) is 23.7 Å². The van der Waals surface area contributed by atoms with Gasteiger partial charge >= 0.3 is 6.16 Å². The fraction of sp³-hybridized carbons (Fsp3) is 0.240. The van der Waals surface area contributed by atoms with Crippen molar-refractivity contribution in [1.29, 1.82) is 0 Å². The Morgan fingerprint density at radius 3 is 2.72 bits per heavy atom. The molecule has 32 heavy (non-hydrogen) atoms. The lowest BCUT2D eigenvalue weighted by Gasteiger charge is -2.09. The van der Waals surface area contributed by atoms with E-state index in [9.17, 15) is 4.79 Å². The lowest BCUT2D eigenvalue weighted by Crippen LogP contribution is -2.04. The molecule has 0 atom stereocenters. The molecule has 2 aromatic carbocycles. The van der Waals surface area contributed by atoms with E-state index in [1.807, 2.05) is 12.3 Å². The van der Waals surface area contributed by atoms with Crippen LogP contribution in [0.2, 0.25) is 0 Å². The van der Waals surface area contributed by atoms with E-state index in [0.29, 0.717) is 5.92 Å². The molecule has 0 saturated heterocycles. The van der Waals surface area contributed by atoms with Gasteiger partial charge in [0.05, 0.1) is 16.6 Å². The summed E-state index contributed by atoms with van der Waals surface area (Å²) in [6, 6.07) is 15.8. The van der Waals surface area contributed by atoms with E-state index < -0.39 is 6.16 Å². The van der Waals surface area contributed by atoms with Crippen LogP contribution in [0.4, 0.5) is 4.79 Å². The molecule has 3 aromatic heterocycles. The third-order valence-electron chi connectivity index (χ3n) is 6.24. The lowest BCUT2D eigenvalue weighted by atomic mass is 10.1. The molecule has 0 unspecified atom stereocenters. The summed E-state index contributed by atoms with van der Waals surface area (Å²) in [5.74, 6) is 1.77. The van der Waals surface area contributed by atoms with Crippen molar-refractivity contribution in [2.75, 3.05) is 0 Å². The standard InChI is InChI=1S/C25H22N4O3/c1-2-28-21-6-4-3-5-18(21)19-11-16(13-26-24(19)28)23-27-20-12-17(32-25(30)31)9-10-22(20)29(23)14-15-7-8-15/h3-6,9-13,15H,2,7-8,14H2,1H3,(H,30,31). The first-order valence-electron chi connectivity index (χ1n) is 10.9. The zero-order valence-corrected chi connectivity index (χ0v) is 17.7. The summed E-state index contributed by atoms with van der Waals surface area (Å²) in [6.07, 6.45) is 3.01. The van der Waals surface area contributed by atoms with Crippen LogP contribution >= 0.6 is 0 Å². The summed E-state index contributed by atoms with van der Waals surface area (Å²) in [6.45, 7) is 3.87. The number of carbonyl (C=O) groups is 1. The molecule has 5 aromatic rings. The van der Waals surface area contributed by atoms with Gasteiger partial charge in [-0.25, -0.2) is 14.8 Å². The van der Waals surface area contributed by atoms with Gasteiger partial charge in [-0.15, -0.1) is 0 Å². The molecule has 6 rings (SSSR count). The molecule has 160 valence electrons. The number of para-hydroxylation sites is 1. The van der Waals surface area contributed by atoms with E-state index >= 15 is 0 Å². The van der Waals surface area contributed by atoms with Crippen LogP contribution in [0.3, 0.4) is 0 Å². The summed E-state index contributed by atoms with van der Waals surface area (Å²) in [7, 11) is 0. The summed E-state index contributed by atoms with van der Waals surface area (Å²) in [5, 5.41) is 11.2. The first-order chi connectivity index (χ1) is 15.6. The molecule has 1 saturated carbocycles. The van der Waals surface area contributed by atoms with Gasteiger partial charge in [-0.3, -0.25) is 0 Å². The topological polar surface area (TPSA) is 82.2 Å². The normalized spacial score (nSPS) is 13.9. The van der Waals surface area contributed by atoms with Crippen LogP contribution in [-0.4, -0.2) is 30.4 Å². The molecule has 0 aliphatic heterocycles. The summed E-state index contributed by atoms with van der Waals surface area (Å²) in [4.78, 5) is 20.7. The average molecular weight is 426 g/mol. The monoisotopic (exact) mass is 426 g/mol. The van der Waals surface area contributed by atoms with Gasteiger partial charge in [0.25, 0.3) is 0 Å². The molecule has 1 fully saturated rings. The number of ether oxygens (including phenoxy) is 1. The van der Waals surface area contributed by atoms with Gasteiger partial charge < -0.3 is 19.0 Å². The van der Waals surface area contributed by atoms with Crippen molar-refractivity contribution >= 4 is 39.1 Å². The Morgan fingerprint density at radius 2 is 1.94 bits per heavy atom. The van der Waals surface area contributed by atoms with E-state index in [1.54, 1.807) is 12.1 Å². The summed E-state index contributed by atoms with van der Waals surface area (Å²) in [5.41, 5.74) is 4.79. The third kappa shape index (κ3) is 3.00. The van der Waals surface area contributed by atoms with Crippen molar-refractivity contribution in [2.45, 2.75) is 32.9 Å². The molecule has 7 heteroatoms. The van der Waals surface area contributed by atoms with Crippen molar-refractivity contribution < 1.29 is 14.6 Å². The van der Waals surface area contributed by atoms with Crippen LogP contribution in [0.25, 0.3) is 44.4 Å². The van der Waals surface area contributed by atoms with Crippen molar-refractivity contribution in [3.63, 3.8) is 0 Å². The Balaban J connectivity index is 1.56. The summed E-state index contributed by atoms with van der Waals surface area (Å²) >= 11 is 0. The van der Waals surface area contributed by atoms with Gasteiger partial charge in [0.15, 0.2) is 0 Å². The predicted molar refractivity (Wildman–Crippen MR) is 123 cm³/mol. The summed E-state index contributed by atoms with van der Waals surface area (Å²) < 4.78 is 9.31. The van der Waals surface area contributed by atoms with Crippen LogP contribution in [0.1, 0.15) is 19.8 Å². The fourth-order valence-electron chi connectivity index (χ4n) is 4.60. The number of aryl methyl sites for hydroxylation is 1. The van der Waals surface area contributed by atoms with Crippen molar-refractivity contribution in [2.24, 2.45) is 5.92 Å². The van der Waals surface area contributed by atoms with Gasteiger partial charge in [-0.1, -0.05) is 18.2 Å². The number of carboxylic acid groups (broad SMARTS) is 1. The molecule has 1 N–H and O–H groups in total. The molecule has 0 amide bonds. The first-order valence-corrected chi connectivity index (χ1v) is 10.9. The third-order valence-corrected chi connectivity index (χ3v) is 6.24. The Hall–Kier alpha value is -3.87. The molecule has 0 radical (unpaired) electrons. The van der Waals surface area contributed by atoms with Crippen LogP contribution in [-0.2, 0) is 13.1 Å². The molecule has 1 aliphatic rings. The Kier molecular flexibility index (Phi) is 4.18. The number of pyridine rings is 1. The maximum atomic E-state index is 11.0. The lowest BCUT2D eigenvalue weighted by molar-refractivity contribution is 0.144. The molecule has 1 aliphatic carbocycles. The number of fused-ring (bicyclic) bond motifs is 4. The molecule has 0 bridgehead atoms. The first kappa shape index (κ1) is 18.9. The second-order valence-electron chi connectivity index (χ2n) is 8.36. The molecule has 0 spiro atoms. The van der Waals surface area contributed by atoms with Crippen molar-refractivity contribution in [1.82, 2.24) is 19.1 Å². The Labute approximate surface area is 183 Å². The van der Waals surface area contributed by atoms with Crippen molar-refractivity contribution in [3.8, 4) is 17.1 Å². The second-order valence-corrected chi connectivity index (χ2v) is 8.36. The van der Waals surface area contributed by atoms with Gasteiger partial charge in [0.1, 0.15) is 17.2 Å². The molecule has 3 heterocycles. The van der Waals surface area contributed by atoms with E-state index in [0.717, 1.165) is 46.5 Å². The van der Waals surface area contributed by atoms with Gasteiger partial charge in [-0.2, -0.15) is 0 Å². The van der Waals surface area contributed by atoms with Crippen LogP contribution in [0.15, 0.2) is 54.7 Å². The zero-order chi connectivity index (χ0) is 21.8. The zero-order valence-electron chi connectivity index (χ0n) is 17.7. The maximum Gasteiger partial charge on any atom is 0.511 e. The average Bonchev–Trinajstić information content (AvgIpc) is 3.46. The number of benzene rings is 2. The highest BCUT2D eigenvalue weighted by atomic mass is 16.7. The van der Waals surface area contributed by atoms with Gasteiger partial charge in [0, 0.05) is 41.7 Å². The van der Waals surface area contributed by atoms with Crippen molar-refractivity contribution in [3.05, 3.63) is 54.7 Å². The highest BCUT2D eigenvalue weighted by molar-refractivity contribution is 6.07. The highest BCUT2D eigenvalue weighted by Gasteiger charge is 2.25. The quantitative estimate of drug-likeness (QED) is 0.288. The Bertz CT molecular complexity index is 1510. The number of hydrogen-bond donors (Lipinski definition) is 1. The largest absolute Gasteiger partial charge is 0.511 e. The predicted octanol–water partition coefficient (Wildman–Crippen LogP) is 5.69. The van der Waals surface area contributed by atoms with E-state index in [4.69, 9.17) is 19.8 Å². The minimum absolute atomic E-state index is 0.271. The number of aromatic nitrogens is 4. The van der Waals surface area contributed by atoms with E-state index in [2.05, 4.69) is 46.4 Å². The Morgan fingerprint density at radius 1 is 1.09 bits per heavy atom. The van der Waals surface area contributed by atoms with Gasteiger partial charge in [0.2, 0.25) is 0 Å². The molecular weight excluding hydrogens is 404 g/mol. The highest BCUT2D eigenvalue weighted by Crippen LogP contribution is 2.36. The fourth-order valence-corrected chi connectivity index (χ4v) is 4.60. The number of rotatable bonds is 5.